The summed E-state index contributed by atoms with van der Waals surface area (Å²) in [7, 11) is 2.71. The van der Waals surface area contributed by atoms with Gasteiger partial charge in [0.1, 0.15) is 17.2 Å². The summed E-state index contributed by atoms with van der Waals surface area (Å²) in [5, 5.41) is -0.0628. The SMILES string of the molecule is CC(SCC(=O)c1c(N)n(C)c(=O)n(C)c1=O)c1ccc(F)cc1. The average Bonchev–Trinajstić information content (AvgIpc) is 2.57. The fourth-order valence-corrected chi connectivity index (χ4v) is 3.12. The van der Waals surface area contributed by atoms with E-state index in [1.165, 1.54) is 38.0 Å². The number of nitrogen functional groups attached to an aromatic ring is 1. The highest BCUT2D eigenvalue weighted by Crippen LogP contribution is 2.28. The maximum Gasteiger partial charge on any atom is 0.332 e. The van der Waals surface area contributed by atoms with Crippen molar-refractivity contribution in [2.45, 2.75) is 12.2 Å². The molecule has 1 unspecified atom stereocenters. The monoisotopic (exact) mass is 351 g/mol. The number of Topliss-reactive ketones (excluding diaryl/α,β-unsaturated/α-hetero) is 1. The number of benzene rings is 1. The number of anilines is 1. The van der Waals surface area contributed by atoms with Crippen molar-refractivity contribution in [1.29, 1.82) is 0 Å². The Labute approximate surface area is 142 Å². The molecule has 0 aliphatic heterocycles. The Morgan fingerprint density at radius 3 is 2.38 bits per heavy atom. The van der Waals surface area contributed by atoms with Gasteiger partial charge in [0.15, 0.2) is 5.78 Å². The number of halogens is 1. The minimum absolute atomic E-state index is 0.0240. The molecule has 0 aliphatic rings. The van der Waals surface area contributed by atoms with Gasteiger partial charge in [0.05, 0.1) is 5.75 Å². The van der Waals surface area contributed by atoms with E-state index < -0.39 is 17.0 Å². The second-order valence-electron chi connectivity index (χ2n) is 5.39. The van der Waals surface area contributed by atoms with Gasteiger partial charge in [-0.05, 0) is 24.6 Å². The smallest absolute Gasteiger partial charge is 0.332 e. The molecule has 1 heterocycles. The van der Waals surface area contributed by atoms with E-state index in [1.807, 2.05) is 6.92 Å². The zero-order valence-corrected chi connectivity index (χ0v) is 14.4. The second kappa shape index (κ2) is 7.04. The third-order valence-electron chi connectivity index (χ3n) is 3.79. The molecule has 0 saturated heterocycles. The third-order valence-corrected chi connectivity index (χ3v) is 4.99. The number of rotatable bonds is 5. The Balaban J connectivity index is 2.21. The molecule has 0 radical (unpaired) electrons. The van der Waals surface area contributed by atoms with Crippen LogP contribution in [0.5, 0.6) is 0 Å². The van der Waals surface area contributed by atoms with Crippen molar-refractivity contribution in [3.63, 3.8) is 0 Å². The molecule has 1 aromatic carbocycles. The first-order valence-electron chi connectivity index (χ1n) is 7.19. The lowest BCUT2D eigenvalue weighted by Gasteiger charge is -2.13. The lowest BCUT2D eigenvalue weighted by molar-refractivity contribution is 0.102. The second-order valence-corrected chi connectivity index (χ2v) is 6.72. The number of thioether (sulfide) groups is 1. The summed E-state index contributed by atoms with van der Waals surface area (Å²) in [6.07, 6.45) is 0. The van der Waals surface area contributed by atoms with E-state index in [2.05, 4.69) is 0 Å². The van der Waals surface area contributed by atoms with Crippen LogP contribution in [0.25, 0.3) is 0 Å². The molecule has 1 aromatic heterocycles. The normalized spacial score (nSPS) is 12.2. The molecule has 128 valence electrons. The van der Waals surface area contributed by atoms with Crippen LogP contribution in [0.15, 0.2) is 33.9 Å². The summed E-state index contributed by atoms with van der Waals surface area (Å²) < 4.78 is 14.9. The summed E-state index contributed by atoms with van der Waals surface area (Å²) in [5.41, 5.74) is 5.17. The zero-order chi connectivity index (χ0) is 18.0. The Bertz CT molecular complexity index is 887. The van der Waals surface area contributed by atoms with Crippen LogP contribution < -0.4 is 17.0 Å². The van der Waals surface area contributed by atoms with Gasteiger partial charge in [0.25, 0.3) is 5.56 Å². The van der Waals surface area contributed by atoms with E-state index in [0.29, 0.717) is 0 Å². The average molecular weight is 351 g/mol. The minimum Gasteiger partial charge on any atom is -0.384 e. The molecule has 0 bridgehead atoms. The van der Waals surface area contributed by atoms with Crippen LogP contribution in [0.4, 0.5) is 10.2 Å². The molecule has 0 aliphatic carbocycles. The third kappa shape index (κ3) is 3.43. The Hall–Kier alpha value is -2.35. The molecule has 2 aromatic rings. The van der Waals surface area contributed by atoms with Gasteiger partial charge in [-0.25, -0.2) is 9.18 Å². The molecule has 0 amide bonds. The van der Waals surface area contributed by atoms with Crippen LogP contribution in [0, 0.1) is 5.82 Å². The summed E-state index contributed by atoms with van der Waals surface area (Å²) in [4.78, 5) is 36.3. The van der Waals surface area contributed by atoms with Gasteiger partial charge < -0.3 is 5.73 Å². The Morgan fingerprint density at radius 2 is 1.79 bits per heavy atom. The highest BCUT2D eigenvalue weighted by Gasteiger charge is 2.21. The molecule has 0 saturated carbocycles. The number of carbonyl (C=O) groups excluding carboxylic acids is 1. The molecule has 1 atom stereocenters. The lowest BCUT2D eigenvalue weighted by Crippen LogP contribution is -2.41. The molecule has 8 heteroatoms. The molecular formula is C16H18FN3O3S. The number of aromatic nitrogens is 2. The van der Waals surface area contributed by atoms with Crippen LogP contribution >= 0.6 is 11.8 Å². The predicted octanol–water partition coefficient (Wildman–Crippen LogP) is 1.48. The van der Waals surface area contributed by atoms with E-state index in [1.54, 1.807) is 12.1 Å². The molecule has 6 nitrogen and oxygen atoms in total. The summed E-state index contributed by atoms with van der Waals surface area (Å²) in [6, 6.07) is 6.01. The molecular weight excluding hydrogens is 333 g/mol. The van der Waals surface area contributed by atoms with Gasteiger partial charge in [0.2, 0.25) is 0 Å². The molecule has 0 spiro atoms. The summed E-state index contributed by atoms with van der Waals surface area (Å²) >= 11 is 1.31. The van der Waals surface area contributed by atoms with Crippen LogP contribution in [-0.4, -0.2) is 20.7 Å². The molecule has 0 fully saturated rings. The van der Waals surface area contributed by atoms with Gasteiger partial charge in [-0.15, -0.1) is 11.8 Å². The van der Waals surface area contributed by atoms with Crippen molar-refractivity contribution >= 4 is 23.4 Å². The van der Waals surface area contributed by atoms with Crippen LogP contribution in [0.2, 0.25) is 0 Å². The van der Waals surface area contributed by atoms with Gasteiger partial charge >= 0.3 is 5.69 Å². The first kappa shape index (κ1) is 18.0. The van der Waals surface area contributed by atoms with Crippen molar-refractivity contribution in [2.75, 3.05) is 11.5 Å². The quantitative estimate of drug-likeness (QED) is 0.825. The van der Waals surface area contributed by atoms with E-state index in [4.69, 9.17) is 5.73 Å². The van der Waals surface area contributed by atoms with Gasteiger partial charge in [-0.2, -0.15) is 0 Å². The zero-order valence-electron chi connectivity index (χ0n) is 13.6. The van der Waals surface area contributed by atoms with Crippen molar-refractivity contribution in [3.8, 4) is 0 Å². The number of carbonyl (C=O) groups is 1. The molecule has 24 heavy (non-hydrogen) atoms. The number of nitrogens with two attached hydrogens (primary N) is 1. The van der Waals surface area contributed by atoms with Gasteiger partial charge in [-0.1, -0.05) is 12.1 Å². The summed E-state index contributed by atoms with van der Waals surface area (Å²) in [6.45, 7) is 1.88. The number of ketones is 1. The van der Waals surface area contributed by atoms with Crippen molar-refractivity contribution in [1.82, 2.24) is 9.13 Å². The van der Waals surface area contributed by atoms with E-state index in [-0.39, 0.29) is 28.2 Å². The Kier molecular flexibility index (Phi) is 5.28. The van der Waals surface area contributed by atoms with Crippen molar-refractivity contribution < 1.29 is 9.18 Å². The van der Waals surface area contributed by atoms with Crippen molar-refractivity contribution in [3.05, 3.63) is 62.0 Å². The Morgan fingerprint density at radius 1 is 1.21 bits per heavy atom. The first-order chi connectivity index (χ1) is 11.2. The number of nitrogens with zero attached hydrogens (tertiary/aromatic N) is 2. The maximum absolute atomic E-state index is 12.9. The highest BCUT2D eigenvalue weighted by atomic mass is 32.2. The first-order valence-corrected chi connectivity index (χ1v) is 8.24. The molecule has 2 rings (SSSR count). The standard InChI is InChI=1S/C16H18FN3O3S/c1-9(10-4-6-11(17)7-5-10)24-8-12(21)13-14(18)19(2)16(23)20(3)15(13)22/h4-7,9H,8,18H2,1-3H3. The fraction of sp³-hybridized carbons (Fsp3) is 0.312. The predicted molar refractivity (Wildman–Crippen MR) is 92.9 cm³/mol. The minimum atomic E-state index is -0.698. The van der Waals surface area contributed by atoms with Gasteiger partial charge in [0, 0.05) is 19.3 Å². The van der Waals surface area contributed by atoms with Crippen LogP contribution in [-0.2, 0) is 14.1 Å². The highest BCUT2D eigenvalue weighted by molar-refractivity contribution is 8.00. The van der Waals surface area contributed by atoms with Gasteiger partial charge in [-0.3, -0.25) is 18.7 Å². The number of hydrogen-bond acceptors (Lipinski definition) is 5. The van der Waals surface area contributed by atoms with E-state index >= 15 is 0 Å². The lowest BCUT2D eigenvalue weighted by atomic mass is 10.2. The van der Waals surface area contributed by atoms with Crippen LogP contribution in [0.3, 0.4) is 0 Å². The van der Waals surface area contributed by atoms with E-state index in [9.17, 15) is 18.8 Å². The van der Waals surface area contributed by atoms with Crippen LogP contribution in [0.1, 0.15) is 28.1 Å². The fourth-order valence-electron chi connectivity index (χ4n) is 2.22. The largest absolute Gasteiger partial charge is 0.384 e. The topological polar surface area (TPSA) is 87.1 Å². The molecule has 2 N–H and O–H groups in total. The number of hydrogen-bond donors (Lipinski definition) is 1. The van der Waals surface area contributed by atoms with Crippen molar-refractivity contribution in [2.24, 2.45) is 14.1 Å². The maximum atomic E-state index is 12.9. The summed E-state index contributed by atoms with van der Waals surface area (Å²) in [5.74, 6) is -0.879. The van der Waals surface area contributed by atoms with E-state index in [0.717, 1.165) is 14.7 Å².